The molecule has 0 saturated carbocycles. The predicted octanol–water partition coefficient (Wildman–Crippen LogP) is 5.87. The summed E-state index contributed by atoms with van der Waals surface area (Å²) in [4.78, 5) is 19.4. The Kier molecular flexibility index (Phi) is 8.94. The van der Waals surface area contributed by atoms with E-state index < -0.39 is 9.84 Å². The molecular weight excluding hydrogens is 579 g/mol. The SMILES string of the molecule is CS(=O)(=O)C(=C1CN(C(c2ccc(Cl)cc2)c2ccc(Cl)cc2)C1)c1cccc(C(=O)NCCCn2ccnc2)c1. The number of imidazole rings is 1. The largest absolute Gasteiger partial charge is 0.352 e. The summed E-state index contributed by atoms with van der Waals surface area (Å²) in [5, 5.41) is 4.22. The van der Waals surface area contributed by atoms with Gasteiger partial charge in [-0.2, -0.15) is 0 Å². The van der Waals surface area contributed by atoms with E-state index in [2.05, 4.69) is 15.2 Å². The molecule has 1 aliphatic rings. The summed E-state index contributed by atoms with van der Waals surface area (Å²) in [5.41, 5.74) is 3.83. The first-order valence-electron chi connectivity index (χ1n) is 13.2. The molecule has 0 aliphatic carbocycles. The summed E-state index contributed by atoms with van der Waals surface area (Å²) in [6.07, 6.45) is 7.30. The molecule has 2 heterocycles. The van der Waals surface area contributed by atoms with Crippen molar-refractivity contribution >= 4 is 43.9 Å². The lowest BCUT2D eigenvalue weighted by Gasteiger charge is -2.42. The maximum Gasteiger partial charge on any atom is 0.251 e. The van der Waals surface area contributed by atoms with E-state index in [1.54, 1.807) is 36.8 Å². The van der Waals surface area contributed by atoms with E-state index in [9.17, 15) is 13.2 Å². The monoisotopic (exact) mass is 608 g/mol. The second-order valence-corrected chi connectivity index (χ2v) is 12.9. The van der Waals surface area contributed by atoms with Gasteiger partial charge in [-0.3, -0.25) is 9.69 Å². The molecule has 41 heavy (non-hydrogen) atoms. The molecular formula is C31H30Cl2N4O3S. The molecule has 1 N–H and O–H groups in total. The van der Waals surface area contributed by atoms with Crippen molar-refractivity contribution < 1.29 is 13.2 Å². The zero-order chi connectivity index (χ0) is 29.0. The molecule has 0 radical (unpaired) electrons. The first kappa shape index (κ1) is 29.1. The topological polar surface area (TPSA) is 84.3 Å². The van der Waals surface area contributed by atoms with Gasteiger partial charge in [-0.1, -0.05) is 59.6 Å². The van der Waals surface area contributed by atoms with Gasteiger partial charge in [0.15, 0.2) is 9.84 Å². The van der Waals surface area contributed by atoms with Crippen LogP contribution in [0.4, 0.5) is 0 Å². The van der Waals surface area contributed by atoms with Crippen LogP contribution in [-0.4, -0.2) is 54.7 Å². The average molecular weight is 610 g/mol. The van der Waals surface area contributed by atoms with Crippen LogP contribution in [0.25, 0.3) is 4.91 Å². The van der Waals surface area contributed by atoms with E-state index in [4.69, 9.17) is 23.2 Å². The van der Waals surface area contributed by atoms with Crippen LogP contribution < -0.4 is 5.32 Å². The molecule has 1 saturated heterocycles. The van der Waals surface area contributed by atoms with Gasteiger partial charge in [0.1, 0.15) is 0 Å². The first-order chi connectivity index (χ1) is 19.7. The molecule has 0 bridgehead atoms. The molecule has 0 spiro atoms. The molecule has 1 amide bonds. The van der Waals surface area contributed by atoms with Crippen LogP contribution in [0.1, 0.15) is 39.5 Å². The Morgan fingerprint density at radius 3 is 2.12 bits per heavy atom. The fraction of sp³-hybridized carbons (Fsp3) is 0.226. The van der Waals surface area contributed by atoms with Crippen molar-refractivity contribution in [1.82, 2.24) is 19.8 Å². The Balaban J connectivity index is 1.36. The minimum atomic E-state index is -3.58. The molecule has 3 aromatic carbocycles. The lowest BCUT2D eigenvalue weighted by atomic mass is 9.92. The van der Waals surface area contributed by atoms with E-state index in [1.807, 2.05) is 59.3 Å². The van der Waals surface area contributed by atoms with Crippen molar-refractivity contribution in [2.75, 3.05) is 25.9 Å². The fourth-order valence-electron chi connectivity index (χ4n) is 5.14. The number of aromatic nitrogens is 2. The Bertz CT molecular complexity index is 1600. The molecule has 10 heteroatoms. The quantitative estimate of drug-likeness (QED) is 0.228. The van der Waals surface area contributed by atoms with Crippen LogP contribution in [0, 0.1) is 0 Å². The number of aryl methyl sites for hydroxylation is 1. The van der Waals surface area contributed by atoms with Crippen LogP contribution in [0.2, 0.25) is 10.0 Å². The fourth-order valence-corrected chi connectivity index (χ4v) is 6.60. The second kappa shape index (κ2) is 12.6. The third-order valence-corrected chi connectivity index (χ3v) is 8.81. The molecule has 1 aromatic heterocycles. The van der Waals surface area contributed by atoms with Gasteiger partial charge >= 0.3 is 0 Å². The Morgan fingerprint density at radius 2 is 1.56 bits per heavy atom. The molecule has 7 nitrogen and oxygen atoms in total. The van der Waals surface area contributed by atoms with Crippen molar-refractivity contribution in [3.63, 3.8) is 0 Å². The maximum atomic E-state index is 13.0. The zero-order valence-electron chi connectivity index (χ0n) is 22.5. The van der Waals surface area contributed by atoms with E-state index in [0.29, 0.717) is 40.8 Å². The van der Waals surface area contributed by atoms with Crippen molar-refractivity contribution in [1.29, 1.82) is 0 Å². The lowest BCUT2D eigenvalue weighted by molar-refractivity contribution is 0.0952. The summed E-state index contributed by atoms with van der Waals surface area (Å²) < 4.78 is 28.0. The Hall–Kier alpha value is -3.43. The highest BCUT2D eigenvalue weighted by atomic mass is 35.5. The Morgan fingerprint density at radius 1 is 0.951 bits per heavy atom. The number of amides is 1. The van der Waals surface area contributed by atoms with Gasteiger partial charge in [0, 0.05) is 60.4 Å². The molecule has 0 unspecified atom stereocenters. The third kappa shape index (κ3) is 7.08. The van der Waals surface area contributed by atoms with E-state index in [0.717, 1.165) is 29.7 Å². The summed E-state index contributed by atoms with van der Waals surface area (Å²) in [7, 11) is -3.58. The minimum Gasteiger partial charge on any atom is -0.352 e. The summed E-state index contributed by atoms with van der Waals surface area (Å²) in [6.45, 7) is 2.16. The van der Waals surface area contributed by atoms with Crippen molar-refractivity contribution in [2.45, 2.75) is 19.0 Å². The number of benzene rings is 3. The number of carbonyl (C=O) groups is 1. The predicted molar refractivity (Wildman–Crippen MR) is 164 cm³/mol. The van der Waals surface area contributed by atoms with E-state index >= 15 is 0 Å². The highest BCUT2D eigenvalue weighted by Gasteiger charge is 2.34. The number of nitrogens with zero attached hydrogens (tertiary/aromatic N) is 3. The maximum absolute atomic E-state index is 13.0. The molecule has 0 atom stereocenters. The summed E-state index contributed by atoms with van der Waals surface area (Å²) in [6, 6.07) is 22.1. The Labute approximate surface area is 250 Å². The number of nitrogens with one attached hydrogen (secondary N) is 1. The van der Waals surface area contributed by atoms with Crippen LogP contribution in [-0.2, 0) is 16.4 Å². The summed E-state index contributed by atoms with van der Waals surface area (Å²) in [5.74, 6) is -0.240. The van der Waals surface area contributed by atoms with Gasteiger partial charge in [0.2, 0.25) is 0 Å². The number of sulfone groups is 1. The van der Waals surface area contributed by atoms with Crippen molar-refractivity contribution in [3.05, 3.63) is 129 Å². The van der Waals surface area contributed by atoms with Gasteiger partial charge in [-0.15, -0.1) is 0 Å². The highest BCUT2D eigenvalue weighted by molar-refractivity contribution is 8.00. The number of halogens is 2. The second-order valence-electron chi connectivity index (χ2n) is 10.1. The third-order valence-electron chi connectivity index (χ3n) is 7.04. The first-order valence-corrected chi connectivity index (χ1v) is 15.9. The van der Waals surface area contributed by atoms with Crippen molar-refractivity contribution in [2.24, 2.45) is 0 Å². The summed E-state index contributed by atoms with van der Waals surface area (Å²) >= 11 is 12.3. The van der Waals surface area contributed by atoms with Gasteiger partial charge in [-0.05, 0) is 65.1 Å². The number of rotatable bonds is 10. The molecule has 4 aromatic rings. The van der Waals surface area contributed by atoms with Gasteiger partial charge in [0.25, 0.3) is 5.91 Å². The van der Waals surface area contributed by atoms with Gasteiger partial charge in [0.05, 0.1) is 17.3 Å². The van der Waals surface area contributed by atoms with Crippen LogP contribution >= 0.6 is 23.2 Å². The van der Waals surface area contributed by atoms with E-state index in [-0.39, 0.29) is 16.9 Å². The lowest BCUT2D eigenvalue weighted by Crippen LogP contribution is -2.44. The minimum absolute atomic E-state index is 0.103. The zero-order valence-corrected chi connectivity index (χ0v) is 24.8. The number of likely N-dealkylation sites (tertiary alicyclic amines) is 1. The molecule has 1 aliphatic heterocycles. The van der Waals surface area contributed by atoms with Crippen molar-refractivity contribution in [3.8, 4) is 0 Å². The van der Waals surface area contributed by atoms with E-state index in [1.165, 1.54) is 6.26 Å². The normalized spacial score (nSPS) is 13.7. The van der Waals surface area contributed by atoms with Crippen LogP contribution in [0.15, 0.2) is 97.1 Å². The number of hydrogen-bond acceptors (Lipinski definition) is 5. The van der Waals surface area contributed by atoms with Gasteiger partial charge < -0.3 is 9.88 Å². The number of carbonyl (C=O) groups excluding carboxylic acids is 1. The standard InChI is InChI=1S/C31H30Cl2N4O3S/c1-41(39,40)30(24-4-2-5-25(18-24)31(38)35-14-3-16-36-17-15-34-21-36)26-19-37(20-26)29(22-6-10-27(32)11-7-22)23-8-12-28(33)13-9-23/h2,4-13,15,17-18,21,29H,3,14,16,19-20H2,1H3,(H,35,38). The van der Waals surface area contributed by atoms with Crippen LogP contribution in [0.5, 0.6) is 0 Å². The smallest absolute Gasteiger partial charge is 0.251 e. The number of hydrogen-bond donors (Lipinski definition) is 1. The van der Waals surface area contributed by atoms with Crippen LogP contribution in [0.3, 0.4) is 0 Å². The van der Waals surface area contributed by atoms with Gasteiger partial charge in [-0.25, -0.2) is 13.4 Å². The molecule has 5 rings (SSSR count). The molecule has 1 fully saturated rings. The molecule has 212 valence electrons. The average Bonchev–Trinajstić information content (AvgIpc) is 3.44. The highest BCUT2D eigenvalue weighted by Crippen LogP contribution is 2.38.